The average molecular weight is 346 g/mol. The second kappa shape index (κ2) is 6.26. The maximum absolute atomic E-state index is 12.4. The molecule has 1 aromatic carbocycles. The van der Waals surface area contributed by atoms with Crippen molar-refractivity contribution in [2.75, 3.05) is 23.3 Å². The molecule has 21 heavy (non-hydrogen) atoms. The van der Waals surface area contributed by atoms with E-state index in [9.17, 15) is 4.79 Å². The summed E-state index contributed by atoms with van der Waals surface area (Å²) in [6, 6.07) is 11.5. The number of nitrogens with one attached hydrogen (secondary N) is 1. The molecule has 0 atom stereocenters. The van der Waals surface area contributed by atoms with Gasteiger partial charge in [0.05, 0.1) is 11.4 Å². The van der Waals surface area contributed by atoms with E-state index in [0.717, 1.165) is 24.5 Å². The zero-order valence-electron chi connectivity index (χ0n) is 11.6. The molecule has 1 fully saturated rings. The first-order valence-corrected chi connectivity index (χ1v) is 7.81. The van der Waals surface area contributed by atoms with Gasteiger partial charge in [0.15, 0.2) is 0 Å². The lowest BCUT2D eigenvalue weighted by molar-refractivity contribution is 0.102. The number of hydrogen-bond acceptors (Lipinski definition) is 3. The first-order chi connectivity index (χ1) is 10.3. The Labute approximate surface area is 132 Å². The van der Waals surface area contributed by atoms with E-state index in [1.165, 1.54) is 12.8 Å². The van der Waals surface area contributed by atoms with Crippen LogP contribution in [0.1, 0.15) is 23.3 Å². The maximum Gasteiger partial charge on any atom is 0.275 e. The van der Waals surface area contributed by atoms with Gasteiger partial charge in [-0.3, -0.25) is 4.79 Å². The van der Waals surface area contributed by atoms with Gasteiger partial charge in [-0.05, 0) is 53.0 Å². The molecule has 0 bridgehead atoms. The van der Waals surface area contributed by atoms with Crippen molar-refractivity contribution in [3.8, 4) is 0 Å². The van der Waals surface area contributed by atoms with E-state index >= 15 is 0 Å². The van der Waals surface area contributed by atoms with E-state index in [4.69, 9.17) is 0 Å². The lowest BCUT2D eigenvalue weighted by Gasteiger charge is -2.21. The van der Waals surface area contributed by atoms with Crippen LogP contribution < -0.4 is 10.2 Å². The van der Waals surface area contributed by atoms with E-state index in [2.05, 4.69) is 31.1 Å². The van der Waals surface area contributed by atoms with Gasteiger partial charge in [0.1, 0.15) is 5.69 Å². The number of anilines is 2. The number of rotatable bonds is 3. The van der Waals surface area contributed by atoms with Crippen LogP contribution in [0, 0.1) is 0 Å². The molecule has 0 spiro atoms. The van der Waals surface area contributed by atoms with E-state index in [-0.39, 0.29) is 5.91 Å². The van der Waals surface area contributed by atoms with Crippen LogP contribution in [0.5, 0.6) is 0 Å². The molecule has 1 amide bonds. The molecule has 0 aliphatic carbocycles. The normalized spacial score (nSPS) is 14.2. The van der Waals surface area contributed by atoms with Crippen molar-refractivity contribution in [3.63, 3.8) is 0 Å². The molecule has 1 aliphatic rings. The first kappa shape index (κ1) is 14.1. The Bertz CT molecular complexity index is 653. The van der Waals surface area contributed by atoms with Gasteiger partial charge >= 0.3 is 0 Å². The number of halogens is 1. The number of hydrogen-bond donors (Lipinski definition) is 1. The van der Waals surface area contributed by atoms with E-state index < -0.39 is 0 Å². The molecule has 2 heterocycles. The molecular weight excluding hydrogens is 330 g/mol. The van der Waals surface area contributed by atoms with Crippen molar-refractivity contribution in [2.45, 2.75) is 12.8 Å². The van der Waals surface area contributed by atoms with Gasteiger partial charge in [-0.2, -0.15) is 0 Å². The van der Waals surface area contributed by atoms with Gasteiger partial charge in [0.2, 0.25) is 0 Å². The Morgan fingerprint density at radius 1 is 1.14 bits per heavy atom. The van der Waals surface area contributed by atoms with Crippen LogP contribution in [0.15, 0.2) is 47.1 Å². The van der Waals surface area contributed by atoms with Crippen LogP contribution in [0.3, 0.4) is 0 Å². The highest BCUT2D eigenvalue weighted by molar-refractivity contribution is 9.10. The fourth-order valence-corrected chi connectivity index (χ4v) is 2.98. The predicted molar refractivity (Wildman–Crippen MR) is 87.8 cm³/mol. The Balaban J connectivity index is 1.85. The summed E-state index contributed by atoms with van der Waals surface area (Å²) in [6.07, 6.45) is 4.02. The summed E-state index contributed by atoms with van der Waals surface area (Å²) in [5, 5.41) is 2.97. The number of para-hydroxylation sites is 2. The van der Waals surface area contributed by atoms with Crippen LogP contribution in [0.25, 0.3) is 0 Å². The zero-order chi connectivity index (χ0) is 14.7. The van der Waals surface area contributed by atoms with Crippen molar-refractivity contribution in [3.05, 3.63) is 52.8 Å². The highest BCUT2D eigenvalue weighted by Crippen LogP contribution is 2.29. The summed E-state index contributed by atoms with van der Waals surface area (Å²) in [6.45, 7) is 2.08. The van der Waals surface area contributed by atoms with Crippen molar-refractivity contribution in [1.29, 1.82) is 0 Å². The summed E-state index contributed by atoms with van der Waals surface area (Å²) >= 11 is 3.36. The number of carbonyl (C=O) groups excluding carboxylic acids is 1. The summed E-state index contributed by atoms with van der Waals surface area (Å²) < 4.78 is 0.696. The fraction of sp³-hybridized carbons (Fsp3) is 0.250. The van der Waals surface area contributed by atoms with Gasteiger partial charge in [-0.1, -0.05) is 12.1 Å². The van der Waals surface area contributed by atoms with Crippen LogP contribution in [-0.2, 0) is 0 Å². The maximum atomic E-state index is 12.4. The summed E-state index contributed by atoms with van der Waals surface area (Å²) in [5.74, 6) is -0.200. The van der Waals surface area contributed by atoms with Gasteiger partial charge in [-0.15, -0.1) is 0 Å². The second-order valence-corrected chi connectivity index (χ2v) is 5.85. The number of carbonyl (C=O) groups is 1. The van der Waals surface area contributed by atoms with Crippen LogP contribution in [0.2, 0.25) is 0 Å². The number of pyridine rings is 1. The fourth-order valence-electron chi connectivity index (χ4n) is 2.55. The highest BCUT2D eigenvalue weighted by Gasteiger charge is 2.18. The van der Waals surface area contributed by atoms with Crippen LogP contribution in [0.4, 0.5) is 11.4 Å². The Kier molecular flexibility index (Phi) is 4.20. The molecule has 2 aromatic rings. The average Bonchev–Trinajstić information content (AvgIpc) is 3.02. The molecule has 1 aliphatic heterocycles. The van der Waals surface area contributed by atoms with Gasteiger partial charge < -0.3 is 10.2 Å². The van der Waals surface area contributed by atoms with Crippen molar-refractivity contribution in [1.82, 2.24) is 4.98 Å². The summed E-state index contributed by atoms with van der Waals surface area (Å²) in [4.78, 5) is 18.8. The Morgan fingerprint density at radius 2 is 1.90 bits per heavy atom. The molecular formula is C16H16BrN3O. The molecule has 3 rings (SSSR count). The SMILES string of the molecule is O=C(Nc1ccccc1N1CCCC1)c1ncccc1Br. The molecule has 108 valence electrons. The molecule has 0 unspecified atom stereocenters. The Morgan fingerprint density at radius 3 is 2.67 bits per heavy atom. The minimum absolute atomic E-state index is 0.200. The molecule has 4 nitrogen and oxygen atoms in total. The second-order valence-electron chi connectivity index (χ2n) is 5.00. The van der Waals surface area contributed by atoms with E-state index in [1.807, 2.05) is 30.3 Å². The largest absolute Gasteiger partial charge is 0.370 e. The van der Waals surface area contributed by atoms with Gasteiger partial charge in [0.25, 0.3) is 5.91 Å². The minimum Gasteiger partial charge on any atom is -0.370 e. The third-order valence-corrected chi connectivity index (χ3v) is 4.21. The van der Waals surface area contributed by atoms with E-state index in [1.54, 1.807) is 12.3 Å². The van der Waals surface area contributed by atoms with Gasteiger partial charge in [0, 0.05) is 23.8 Å². The minimum atomic E-state index is -0.200. The number of benzene rings is 1. The highest BCUT2D eigenvalue weighted by atomic mass is 79.9. The number of amides is 1. The molecule has 1 saturated heterocycles. The molecule has 5 heteroatoms. The smallest absolute Gasteiger partial charge is 0.275 e. The molecule has 0 saturated carbocycles. The monoisotopic (exact) mass is 345 g/mol. The van der Waals surface area contributed by atoms with Gasteiger partial charge in [-0.25, -0.2) is 4.98 Å². The van der Waals surface area contributed by atoms with Crippen LogP contribution in [-0.4, -0.2) is 24.0 Å². The standard InChI is InChI=1S/C16H16BrN3O/c17-12-6-5-9-18-15(12)16(21)19-13-7-1-2-8-14(13)20-10-3-4-11-20/h1-2,5-9H,3-4,10-11H2,(H,19,21). The number of nitrogens with zero attached hydrogens (tertiary/aromatic N) is 2. The van der Waals surface area contributed by atoms with Crippen molar-refractivity contribution < 1.29 is 4.79 Å². The first-order valence-electron chi connectivity index (χ1n) is 7.01. The lowest BCUT2D eigenvalue weighted by atomic mass is 10.2. The van der Waals surface area contributed by atoms with Crippen molar-refractivity contribution in [2.24, 2.45) is 0 Å². The molecule has 1 N–H and O–H groups in total. The third kappa shape index (κ3) is 3.08. The summed E-state index contributed by atoms with van der Waals surface area (Å²) in [5.41, 5.74) is 2.31. The lowest BCUT2D eigenvalue weighted by Crippen LogP contribution is -2.21. The Hall–Kier alpha value is -1.88. The predicted octanol–water partition coefficient (Wildman–Crippen LogP) is 3.70. The van der Waals surface area contributed by atoms with E-state index in [0.29, 0.717) is 10.2 Å². The van der Waals surface area contributed by atoms with Crippen molar-refractivity contribution >= 4 is 33.2 Å². The molecule has 0 radical (unpaired) electrons. The van der Waals surface area contributed by atoms with Crippen LogP contribution >= 0.6 is 15.9 Å². The summed E-state index contributed by atoms with van der Waals surface area (Å²) in [7, 11) is 0. The number of aromatic nitrogens is 1. The zero-order valence-corrected chi connectivity index (χ0v) is 13.1. The quantitative estimate of drug-likeness (QED) is 0.922. The third-order valence-electron chi connectivity index (χ3n) is 3.57. The molecule has 1 aromatic heterocycles. The topological polar surface area (TPSA) is 45.2 Å².